The zero-order chi connectivity index (χ0) is 24.2. The van der Waals surface area contributed by atoms with Crippen LogP contribution in [0.25, 0.3) is 11.1 Å². The number of hydrogen-bond donors (Lipinski definition) is 0. The largest absolute Gasteiger partial charge is 2.00 e. The first-order valence-electron chi connectivity index (χ1n) is 14.5. The maximum Gasteiger partial charge on any atom is 2.00 e. The van der Waals surface area contributed by atoms with Crippen molar-refractivity contribution in [3.8, 4) is 11.1 Å². The van der Waals surface area contributed by atoms with Crippen molar-refractivity contribution in [1.29, 1.82) is 0 Å². The molecule has 0 radical (unpaired) electrons. The van der Waals surface area contributed by atoms with Gasteiger partial charge in [0.15, 0.2) is 0 Å². The molecule has 0 atom stereocenters. The molecule has 2 aliphatic carbocycles. The second-order valence-corrected chi connectivity index (χ2v) is 15.3. The van der Waals surface area contributed by atoms with E-state index in [2.05, 4.69) is 77.9 Å². The first-order valence-corrected chi connectivity index (χ1v) is 16.2. The van der Waals surface area contributed by atoms with Crippen molar-refractivity contribution in [2.24, 2.45) is 0 Å². The Hall–Kier alpha value is -0.468. The Kier molecular flexibility index (Phi) is 14.9. The van der Waals surface area contributed by atoms with Crippen LogP contribution in [-0.4, -0.2) is 11.3 Å². The van der Waals surface area contributed by atoms with E-state index < -0.39 is 7.92 Å². The van der Waals surface area contributed by atoms with Gasteiger partial charge in [0, 0.05) is 13.5 Å². The van der Waals surface area contributed by atoms with Gasteiger partial charge in [-0.15, -0.1) is 0 Å². The van der Waals surface area contributed by atoms with Crippen LogP contribution in [0.3, 0.4) is 0 Å². The summed E-state index contributed by atoms with van der Waals surface area (Å²) in [5, 5.41) is 1.78. The third kappa shape index (κ3) is 8.03. The van der Waals surface area contributed by atoms with Gasteiger partial charge < -0.3 is 14.9 Å². The summed E-state index contributed by atoms with van der Waals surface area (Å²) in [7, 11) is -0.610. The van der Waals surface area contributed by atoms with Gasteiger partial charge in [-0.3, -0.25) is 0 Å². The van der Waals surface area contributed by atoms with Crippen LogP contribution in [0.4, 0.5) is 0 Å². The molecule has 0 spiro atoms. The van der Waals surface area contributed by atoms with E-state index in [-0.39, 0.29) is 35.3 Å². The minimum Gasteiger partial charge on any atom is -0.358 e. The van der Waals surface area contributed by atoms with E-state index in [1.165, 1.54) is 69.8 Å². The summed E-state index contributed by atoms with van der Waals surface area (Å²) in [5.41, 5.74) is 9.82. The molecule has 4 rings (SSSR count). The third-order valence-electron chi connectivity index (χ3n) is 8.73. The quantitative estimate of drug-likeness (QED) is 0.165. The van der Waals surface area contributed by atoms with Gasteiger partial charge in [0.2, 0.25) is 0 Å². The van der Waals surface area contributed by atoms with Crippen LogP contribution >= 0.6 is 7.92 Å². The molecule has 37 heavy (non-hydrogen) atoms. The van der Waals surface area contributed by atoms with Crippen LogP contribution in [0.1, 0.15) is 140 Å². The van der Waals surface area contributed by atoms with Gasteiger partial charge in [-0.05, 0) is 97.4 Å². The summed E-state index contributed by atoms with van der Waals surface area (Å²) in [5.74, 6) is 1.65. The molecule has 2 aromatic rings. The minimum atomic E-state index is -0.610. The van der Waals surface area contributed by atoms with Gasteiger partial charge >= 0.3 is 20.4 Å². The van der Waals surface area contributed by atoms with E-state index in [1.54, 1.807) is 27.6 Å². The Bertz CT molecular complexity index is 885. The molecule has 2 aromatic carbocycles. The molecule has 2 aliphatic rings. The molecule has 0 amide bonds. The second-order valence-electron chi connectivity index (χ2n) is 12.2. The predicted molar refractivity (Wildman–Crippen MR) is 169 cm³/mol. The monoisotopic (exact) mass is 613 g/mol. The normalized spacial score (nSPS) is 17.0. The van der Waals surface area contributed by atoms with Gasteiger partial charge in [-0.25, -0.2) is 0 Å². The molecule has 2 saturated carbocycles. The fraction of sp³-hybridized carbons (Fsp3) is 0.600. The fourth-order valence-corrected chi connectivity index (χ4v) is 11.2. The molecule has 0 nitrogen and oxygen atoms in total. The predicted octanol–water partition coefficient (Wildman–Crippen LogP) is 11.1. The zero-order valence-electron chi connectivity index (χ0n) is 25.2. The Morgan fingerprint density at radius 3 is 1.46 bits per heavy atom. The second kappa shape index (κ2) is 16.0. The van der Waals surface area contributed by atoms with Gasteiger partial charge in [0.25, 0.3) is 0 Å². The summed E-state index contributed by atoms with van der Waals surface area (Å²) in [6, 6.07) is 14.9. The maximum absolute atomic E-state index is 2.58. The van der Waals surface area contributed by atoms with Crippen LogP contribution in [0.2, 0.25) is 0 Å². The average Bonchev–Trinajstić information content (AvgIpc) is 2.85. The van der Waals surface area contributed by atoms with Crippen molar-refractivity contribution < 1.29 is 20.4 Å². The van der Waals surface area contributed by atoms with E-state index in [0.29, 0.717) is 17.8 Å². The number of hydrogen-bond acceptors (Lipinski definition) is 0. The van der Waals surface area contributed by atoms with Crippen molar-refractivity contribution >= 4 is 13.2 Å². The molecule has 0 unspecified atom stereocenters. The smallest absolute Gasteiger partial charge is 0.358 e. The van der Waals surface area contributed by atoms with Gasteiger partial charge in [0.1, 0.15) is 0 Å². The topological polar surface area (TPSA) is 0 Å². The summed E-state index contributed by atoms with van der Waals surface area (Å²) < 4.78 is 0. The Morgan fingerprint density at radius 1 is 0.622 bits per heavy atom. The van der Waals surface area contributed by atoms with Crippen molar-refractivity contribution in [3.63, 3.8) is 0 Å². The molecule has 2 fully saturated rings. The Morgan fingerprint density at radius 2 is 1.05 bits per heavy atom. The average molecular weight is 614 g/mol. The minimum absolute atomic E-state index is 0. The Labute approximate surface area is 246 Å². The molecular weight excluding hydrogens is 558 g/mol. The number of benzene rings is 2. The van der Waals surface area contributed by atoms with Crippen molar-refractivity contribution in [2.75, 3.05) is 0 Å². The van der Waals surface area contributed by atoms with Crippen LogP contribution in [-0.2, 0) is 20.4 Å². The summed E-state index contributed by atoms with van der Waals surface area (Å²) in [6.07, 6.45) is 14.7. The third-order valence-corrected chi connectivity index (χ3v) is 12.7. The van der Waals surface area contributed by atoms with Crippen LogP contribution in [0.15, 0.2) is 36.4 Å². The molecule has 210 valence electrons. The number of rotatable bonds is 7. The summed E-state index contributed by atoms with van der Waals surface area (Å²) >= 11 is 0. The maximum atomic E-state index is 2.58. The fourth-order valence-electron chi connectivity index (χ4n) is 6.82. The zero-order valence-corrected chi connectivity index (χ0v) is 27.8. The van der Waals surface area contributed by atoms with Gasteiger partial charge in [-0.1, -0.05) is 84.7 Å². The van der Waals surface area contributed by atoms with E-state index in [0.717, 1.165) is 11.3 Å². The van der Waals surface area contributed by atoms with E-state index >= 15 is 0 Å². The van der Waals surface area contributed by atoms with Crippen LogP contribution < -0.4 is 5.30 Å². The van der Waals surface area contributed by atoms with E-state index in [9.17, 15) is 0 Å². The molecule has 0 saturated heterocycles. The van der Waals surface area contributed by atoms with E-state index in [1.807, 2.05) is 0 Å². The summed E-state index contributed by atoms with van der Waals surface area (Å²) in [6.45, 7) is 14.3. The molecular formula is C35H56PPd+. The van der Waals surface area contributed by atoms with Crippen molar-refractivity contribution in [3.05, 3.63) is 67.9 Å². The van der Waals surface area contributed by atoms with Crippen LogP contribution in [0.5, 0.6) is 0 Å². The van der Waals surface area contributed by atoms with Crippen molar-refractivity contribution in [1.82, 2.24) is 0 Å². The standard InChI is InChI=1S/C33H49P.2CH3.Pd/c1-23(2)26-21-30(24(3)4)33(31(22-26)25(5)6)29-19-13-14-20-32(29)34(27-15-9-7-10-16-27)28-17-11-8-12-18-28;;;/h13-14,19-25,27-28H,7-12,15-18H2,1-6H3;2*1H3;/q;2*-1;+2/p+1. The first kappa shape index (κ1) is 34.6. The summed E-state index contributed by atoms with van der Waals surface area (Å²) in [4.78, 5) is 0. The molecule has 0 heterocycles. The molecule has 0 bridgehead atoms. The molecule has 0 aliphatic heterocycles. The SMILES string of the molecule is CC(C)c1cc(C(C)C)c(-c2ccccc2[PH+](C2CCCCC2)C2CCCCC2)c(C(C)C)c1.[CH3-].[CH3-].[Pd+2]. The van der Waals surface area contributed by atoms with Gasteiger partial charge in [0.05, 0.1) is 16.6 Å². The Balaban J connectivity index is 0.00000228. The van der Waals surface area contributed by atoms with Gasteiger partial charge in [-0.2, -0.15) is 0 Å². The van der Waals surface area contributed by atoms with Crippen molar-refractivity contribution in [2.45, 2.75) is 135 Å². The molecule has 0 N–H and O–H groups in total. The molecule has 2 heteroatoms. The van der Waals surface area contributed by atoms with E-state index in [4.69, 9.17) is 0 Å². The first-order chi connectivity index (χ1) is 16.4. The molecule has 0 aromatic heterocycles. The van der Waals surface area contributed by atoms with Crippen LogP contribution in [0, 0.1) is 14.9 Å².